The molecular weight excluding hydrogens is 283 g/mol. The summed E-state index contributed by atoms with van der Waals surface area (Å²) in [5.74, 6) is 0.355. The Balaban J connectivity index is 1.85. The maximum absolute atomic E-state index is 12.5. The van der Waals surface area contributed by atoms with Crippen molar-refractivity contribution in [1.29, 1.82) is 0 Å². The molecule has 0 spiro atoms. The second-order valence-corrected chi connectivity index (χ2v) is 6.41. The minimum absolute atomic E-state index is 0.0284. The zero-order chi connectivity index (χ0) is 15.6. The van der Waals surface area contributed by atoms with E-state index in [4.69, 9.17) is 5.73 Å². The number of carbonyl (C=O) groups is 1. The number of rotatable bonds is 2. The molecule has 7 heteroatoms. The normalized spacial score (nSPS) is 32.2. The first-order chi connectivity index (χ1) is 9.76. The molecule has 1 amide bonds. The number of hydrogen-bond acceptors (Lipinski definition) is 3. The summed E-state index contributed by atoms with van der Waals surface area (Å²) in [5, 5.41) is 0. The summed E-state index contributed by atoms with van der Waals surface area (Å²) in [6.07, 6.45) is -1.48. The Morgan fingerprint density at radius 1 is 1.19 bits per heavy atom. The molecule has 1 saturated heterocycles. The fraction of sp³-hybridized carbons (Fsp3) is 0.929. The second kappa shape index (κ2) is 6.52. The lowest BCUT2D eigenvalue weighted by Gasteiger charge is -2.39. The number of amides is 1. The van der Waals surface area contributed by atoms with Crippen LogP contribution in [0.25, 0.3) is 0 Å². The van der Waals surface area contributed by atoms with Gasteiger partial charge in [-0.2, -0.15) is 13.2 Å². The summed E-state index contributed by atoms with van der Waals surface area (Å²) >= 11 is 0. The van der Waals surface area contributed by atoms with Gasteiger partial charge in [-0.25, -0.2) is 0 Å². The smallest absolute Gasteiger partial charge is 0.340 e. The van der Waals surface area contributed by atoms with Gasteiger partial charge in [0, 0.05) is 32.2 Å². The number of nitrogens with two attached hydrogens (primary N) is 1. The zero-order valence-electron chi connectivity index (χ0n) is 12.4. The summed E-state index contributed by atoms with van der Waals surface area (Å²) in [7, 11) is 0. The summed E-state index contributed by atoms with van der Waals surface area (Å²) < 4.78 is 37.0. The highest BCUT2D eigenvalue weighted by atomic mass is 19.4. The first-order valence-corrected chi connectivity index (χ1v) is 7.60. The molecule has 0 aromatic carbocycles. The highest BCUT2D eigenvalue weighted by Gasteiger charge is 2.37. The summed E-state index contributed by atoms with van der Waals surface area (Å²) in [4.78, 5) is 15.6. The quantitative estimate of drug-likeness (QED) is 0.840. The molecule has 21 heavy (non-hydrogen) atoms. The Morgan fingerprint density at radius 3 is 2.38 bits per heavy atom. The van der Waals surface area contributed by atoms with Crippen LogP contribution in [0.15, 0.2) is 0 Å². The average Bonchev–Trinajstić information content (AvgIpc) is 2.40. The van der Waals surface area contributed by atoms with Gasteiger partial charge < -0.3 is 10.6 Å². The van der Waals surface area contributed by atoms with Gasteiger partial charge in [0.1, 0.15) is 0 Å². The van der Waals surface area contributed by atoms with Gasteiger partial charge in [0.05, 0.1) is 12.5 Å². The Labute approximate surface area is 123 Å². The lowest BCUT2D eigenvalue weighted by atomic mass is 9.78. The van der Waals surface area contributed by atoms with E-state index in [9.17, 15) is 18.0 Å². The van der Waals surface area contributed by atoms with Crippen LogP contribution in [0.3, 0.4) is 0 Å². The molecule has 3 unspecified atom stereocenters. The van der Waals surface area contributed by atoms with Crippen LogP contribution in [0, 0.1) is 11.8 Å². The van der Waals surface area contributed by atoms with Crippen molar-refractivity contribution in [2.24, 2.45) is 17.6 Å². The molecule has 0 bridgehead atoms. The summed E-state index contributed by atoms with van der Waals surface area (Å²) in [6, 6.07) is -0.109. The SMILES string of the molecule is CC1CCC(N)C(C(=O)N2CCN(CC(F)(F)F)CC2)C1. The Bertz CT molecular complexity index is 367. The van der Waals surface area contributed by atoms with E-state index < -0.39 is 12.7 Å². The van der Waals surface area contributed by atoms with Crippen molar-refractivity contribution in [3.05, 3.63) is 0 Å². The van der Waals surface area contributed by atoms with E-state index in [1.54, 1.807) is 4.90 Å². The zero-order valence-corrected chi connectivity index (χ0v) is 12.4. The number of halogens is 3. The molecule has 1 saturated carbocycles. The lowest BCUT2D eigenvalue weighted by Crippen LogP contribution is -2.54. The minimum atomic E-state index is -4.17. The molecule has 1 aliphatic carbocycles. The molecule has 2 aliphatic rings. The lowest BCUT2D eigenvalue weighted by molar-refractivity contribution is -0.153. The molecule has 2 rings (SSSR count). The van der Waals surface area contributed by atoms with Crippen LogP contribution >= 0.6 is 0 Å². The van der Waals surface area contributed by atoms with Crippen molar-refractivity contribution in [3.63, 3.8) is 0 Å². The van der Waals surface area contributed by atoms with Crippen molar-refractivity contribution in [2.45, 2.75) is 38.4 Å². The van der Waals surface area contributed by atoms with E-state index >= 15 is 0 Å². The van der Waals surface area contributed by atoms with Crippen LogP contribution in [0.5, 0.6) is 0 Å². The minimum Gasteiger partial charge on any atom is -0.340 e. The Kier molecular flexibility index (Phi) is 5.14. The molecule has 0 radical (unpaired) electrons. The van der Waals surface area contributed by atoms with Gasteiger partial charge in [0.15, 0.2) is 0 Å². The fourth-order valence-electron chi connectivity index (χ4n) is 3.30. The number of piperazine rings is 1. The number of alkyl halides is 3. The highest BCUT2D eigenvalue weighted by Crippen LogP contribution is 2.29. The Morgan fingerprint density at radius 2 is 1.81 bits per heavy atom. The first kappa shape index (κ1) is 16.5. The molecule has 122 valence electrons. The highest BCUT2D eigenvalue weighted by molar-refractivity contribution is 5.79. The van der Waals surface area contributed by atoms with Gasteiger partial charge >= 0.3 is 6.18 Å². The molecule has 2 N–H and O–H groups in total. The molecule has 0 aromatic rings. The van der Waals surface area contributed by atoms with Crippen LogP contribution in [-0.4, -0.2) is 60.6 Å². The molecule has 1 aliphatic heterocycles. The van der Waals surface area contributed by atoms with E-state index in [2.05, 4.69) is 6.92 Å². The monoisotopic (exact) mass is 307 g/mol. The van der Waals surface area contributed by atoms with Gasteiger partial charge in [0.25, 0.3) is 0 Å². The van der Waals surface area contributed by atoms with Crippen LogP contribution in [0.4, 0.5) is 13.2 Å². The molecule has 3 atom stereocenters. The predicted octanol–water partition coefficient (Wildman–Crippen LogP) is 1.46. The van der Waals surface area contributed by atoms with Crippen LogP contribution in [-0.2, 0) is 4.79 Å². The fourth-order valence-corrected chi connectivity index (χ4v) is 3.30. The molecular formula is C14H24F3N3O. The largest absolute Gasteiger partial charge is 0.401 e. The predicted molar refractivity (Wildman–Crippen MR) is 73.6 cm³/mol. The summed E-state index contributed by atoms with van der Waals surface area (Å²) in [6.45, 7) is 2.52. The third kappa shape index (κ3) is 4.57. The number of hydrogen-bond donors (Lipinski definition) is 1. The van der Waals surface area contributed by atoms with Crippen molar-refractivity contribution in [3.8, 4) is 0 Å². The second-order valence-electron chi connectivity index (χ2n) is 6.41. The third-order valence-electron chi connectivity index (χ3n) is 4.57. The number of nitrogens with zero attached hydrogens (tertiary/aromatic N) is 2. The van der Waals surface area contributed by atoms with Gasteiger partial charge in [-0.15, -0.1) is 0 Å². The molecule has 1 heterocycles. The van der Waals surface area contributed by atoms with Crippen LogP contribution in [0.1, 0.15) is 26.2 Å². The van der Waals surface area contributed by atoms with Crippen LogP contribution in [0.2, 0.25) is 0 Å². The van der Waals surface area contributed by atoms with Crippen molar-refractivity contribution in [1.82, 2.24) is 9.80 Å². The number of carbonyl (C=O) groups excluding carboxylic acids is 1. The summed E-state index contributed by atoms with van der Waals surface area (Å²) in [5.41, 5.74) is 6.05. The van der Waals surface area contributed by atoms with Gasteiger partial charge in [-0.05, 0) is 25.2 Å². The van der Waals surface area contributed by atoms with E-state index in [-0.39, 0.29) is 31.0 Å². The van der Waals surface area contributed by atoms with E-state index in [0.29, 0.717) is 19.0 Å². The van der Waals surface area contributed by atoms with Crippen LogP contribution < -0.4 is 5.73 Å². The van der Waals surface area contributed by atoms with E-state index in [1.807, 2.05) is 0 Å². The average molecular weight is 307 g/mol. The van der Waals surface area contributed by atoms with Crippen molar-refractivity contribution < 1.29 is 18.0 Å². The van der Waals surface area contributed by atoms with Crippen molar-refractivity contribution in [2.75, 3.05) is 32.7 Å². The van der Waals surface area contributed by atoms with Crippen molar-refractivity contribution >= 4 is 5.91 Å². The van der Waals surface area contributed by atoms with E-state index in [1.165, 1.54) is 4.90 Å². The topological polar surface area (TPSA) is 49.6 Å². The van der Waals surface area contributed by atoms with Gasteiger partial charge in [0.2, 0.25) is 5.91 Å². The Hall–Kier alpha value is -0.820. The standard InChI is InChI=1S/C14H24F3N3O/c1-10-2-3-12(18)11(8-10)13(21)20-6-4-19(5-7-20)9-14(15,16)17/h10-12H,2-9,18H2,1H3. The first-order valence-electron chi connectivity index (χ1n) is 7.60. The maximum Gasteiger partial charge on any atom is 0.401 e. The van der Waals surface area contributed by atoms with E-state index in [0.717, 1.165) is 19.3 Å². The van der Waals surface area contributed by atoms with Gasteiger partial charge in [-0.3, -0.25) is 9.69 Å². The maximum atomic E-state index is 12.5. The molecule has 0 aromatic heterocycles. The van der Waals surface area contributed by atoms with Gasteiger partial charge in [-0.1, -0.05) is 6.92 Å². The molecule has 2 fully saturated rings. The third-order valence-corrected chi connectivity index (χ3v) is 4.57. The molecule has 4 nitrogen and oxygen atoms in total.